The molecule has 0 fully saturated rings. The van der Waals surface area contributed by atoms with Crippen LogP contribution < -0.4 is 14.2 Å². The lowest BCUT2D eigenvalue weighted by Gasteiger charge is -2.12. The van der Waals surface area contributed by atoms with Crippen molar-refractivity contribution in [1.29, 1.82) is 0 Å². The number of rotatable bonds is 5. The molecule has 0 aliphatic heterocycles. The highest BCUT2D eigenvalue weighted by Crippen LogP contribution is 2.38. The lowest BCUT2D eigenvalue weighted by Crippen LogP contribution is -2.03. The maximum Gasteiger partial charge on any atom is 0.225 e. The van der Waals surface area contributed by atoms with E-state index in [1.165, 1.54) is 33.5 Å². The third-order valence-corrected chi connectivity index (χ3v) is 2.06. The summed E-state index contributed by atoms with van der Waals surface area (Å²) in [6.45, 7) is 5.25. The molecule has 0 saturated heterocycles. The maximum atomic E-state index is 11.2. The van der Waals surface area contributed by atoms with Crippen LogP contribution in [0.2, 0.25) is 0 Å². The van der Waals surface area contributed by atoms with Gasteiger partial charge in [0.25, 0.3) is 0 Å². The first kappa shape index (κ1) is 16.7. The van der Waals surface area contributed by atoms with E-state index in [0.29, 0.717) is 17.2 Å². The van der Waals surface area contributed by atoms with Crippen LogP contribution in [0.3, 0.4) is 0 Å². The van der Waals surface area contributed by atoms with Crippen LogP contribution >= 0.6 is 0 Å². The molecule has 1 rings (SSSR count). The molecular weight excluding hydrogens is 248 g/mol. The number of ether oxygens (including phenoxy) is 3. The van der Waals surface area contributed by atoms with Gasteiger partial charge in [-0.15, -0.1) is 6.58 Å². The summed E-state index contributed by atoms with van der Waals surface area (Å²) in [5.74, 6) is 0.422. The summed E-state index contributed by atoms with van der Waals surface area (Å²) in [6.07, 6.45) is 1.99. The van der Waals surface area contributed by atoms with E-state index in [9.17, 15) is 9.59 Å². The summed E-state index contributed by atoms with van der Waals surface area (Å²) in [6, 6.07) is 2.86. The molecule has 5 nitrogen and oxygen atoms in total. The van der Waals surface area contributed by atoms with Gasteiger partial charge < -0.3 is 14.2 Å². The minimum absolute atomic E-state index is 0.199. The van der Waals surface area contributed by atoms with Gasteiger partial charge in [0.05, 0.1) is 21.3 Å². The summed E-state index contributed by atoms with van der Waals surface area (Å²) in [5.41, 5.74) is 0.199. The molecule has 0 aromatic heterocycles. The van der Waals surface area contributed by atoms with Crippen molar-refractivity contribution < 1.29 is 23.8 Å². The Bertz CT molecular complexity index is 426. The highest BCUT2D eigenvalue weighted by Gasteiger charge is 2.16. The second-order valence-electron chi connectivity index (χ2n) is 3.30. The summed E-state index contributed by atoms with van der Waals surface area (Å²) < 4.78 is 15.2. The average molecular weight is 266 g/mol. The largest absolute Gasteiger partial charge is 0.493 e. The van der Waals surface area contributed by atoms with Crippen LogP contribution in [-0.4, -0.2) is 33.4 Å². The molecule has 0 saturated carbocycles. The SMILES string of the molecule is C=CC.COc1cc(C(=O)C=O)cc(OC)c1OC. The summed E-state index contributed by atoms with van der Waals surface area (Å²) in [7, 11) is 4.33. The fraction of sp³-hybridized carbons (Fsp3) is 0.286. The first-order valence-corrected chi connectivity index (χ1v) is 5.46. The second kappa shape index (κ2) is 8.74. The van der Waals surface area contributed by atoms with Crippen molar-refractivity contribution >= 4 is 12.1 Å². The lowest BCUT2D eigenvalue weighted by molar-refractivity contribution is -0.104. The Morgan fingerprint density at radius 1 is 1.11 bits per heavy atom. The van der Waals surface area contributed by atoms with Gasteiger partial charge in [-0.05, 0) is 19.1 Å². The van der Waals surface area contributed by atoms with E-state index >= 15 is 0 Å². The van der Waals surface area contributed by atoms with Crippen molar-refractivity contribution in [2.45, 2.75) is 6.92 Å². The molecule has 0 aliphatic rings. The summed E-state index contributed by atoms with van der Waals surface area (Å²) in [5, 5.41) is 0. The smallest absolute Gasteiger partial charge is 0.225 e. The van der Waals surface area contributed by atoms with Crippen LogP contribution in [0.15, 0.2) is 24.8 Å². The van der Waals surface area contributed by atoms with Crippen LogP contribution in [0.1, 0.15) is 17.3 Å². The molecule has 0 bridgehead atoms. The Hall–Kier alpha value is -2.30. The zero-order chi connectivity index (χ0) is 14.8. The van der Waals surface area contributed by atoms with E-state index in [-0.39, 0.29) is 11.8 Å². The highest BCUT2D eigenvalue weighted by molar-refractivity contribution is 6.33. The minimum atomic E-state index is -0.640. The zero-order valence-electron chi connectivity index (χ0n) is 11.6. The van der Waals surface area contributed by atoms with Crippen LogP contribution in [-0.2, 0) is 4.79 Å². The van der Waals surface area contributed by atoms with Gasteiger partial charge in [0.15, 0.2) is 17.8 Å². The molecule has 0 spiro atoms. The Kier molecular flexibility index (Phi) is 7.68. The Labute approximate surface area is 112 Å². The number of benzene rings is 1. The number of Topliss-reactive ketones (excluding diaryl/α,β-unsaturated/α-hetero) is 1. The number of allylic oxidation sites excluding steroid dienone is 1. The molecule has 0 radical (unpaired) electrons. The molecule has 1 aromatic carbocycles. The number of hydrogen-bond acceptors (Lipinski definition) is 5. The fourth-order valence-electron chi connectivity index (χ4n) is 1.29. The lowest BCUT2D eigenvalue weighted by atomic mass is 10.1. The Morgan fingerprint density at radius 2 is 1.53 bits per heavy atom. The standard InChI is InChI=1S/C11H12O5.C3H6/c1-14-9-4-7(8(13)6-12)5-10(15-2)11(9)16-3;1-3-2/h4-6H,1-3H3;3H,1H2,2H3. The summed E-state index contributed by atoms with van der Waals surface area (Å²) in [4.78, 5) is 21.6. The van der Waals surface area contributed by atoms with Crippen LogP contribution in [0.4, 0.5) is 0 Å². The fourth-order valence-corrected chi connectivity index (χ4v) is 1.29. The van der Waals surface area contributed by atoms with Crippen LogP contribution in [0.25, 0.3) is 0 Å². The monoisotopic (exact) mass is 266 g/mol. The van der Waals surface area contributed by atoms with Gasteiger partial charge in [-0.1, -0.05) is 6.08 Å². The zero-order valence-corrected chi connectivity index (χ0v) is 11.6. The van der Waals surface area contributed by atoms with Crippen LogP contribution in [0.5, 0.6) is 17.2 Å². The summed E-state index contributed by atoms with van der Waals surface area (Å²) >= 11 is 0. The second-order valence-corrected chi connectivity index (χ2v) is 3.30. The van der Waals surface area contributed by atoms with Gasteiger partial charge in [-0.3, -0.25) is 9.59 Å². The number of aldehydes is 1. The highest BCUT2D eigenvalue weighted by atomic mass is 16.5. The van der Waals surface area contributed by atoms with Gasteiger partial charge in [0.2, 0.25) is 11.5 Å². The van der Waals surface area contributed by atoms with Gasteiger partial charge in [0.1, 0.15) is 0 Å². The molecule has 1 aromatic rings. The van der Waals surface area contributed by atoms with Gasteiger partial charge in [0, 0.05) is 5.56 Å². The van der Waals surface area contributed by atoms with Crippen molar-refractivity contribution in [2.24, 2.45) is 0 Å². The molecule has 0 atom stereocenters. The van der Waals surface area contributed by atoms with Gasteiger partial charge >= 0.3 is 0 Å². The van der Waals surface area contributed by atoms with Crippen molar-refractivity contribution in [1.82, 2.24) is 0 Å². The molecule has 19 heavy (non-hydrogen) atoms. The topological polar surface area (TPSA) is 61.8 Å². The van der Waals surface area contributed by atoms with Crippen molar-refractivity contribution in [3.8, 4) is 17.2 Å². The molecule has 5 heteroatoms. The molecule has 104 valence electrons. The van der Waals surface area contributed by atoms with E-state index in [1.807, 2.05) is 6.92 Å². The van der Waals surface area contributed by atoms with Crippen molar-refractivity contribution in [3.05, 3.63) is 30.4 Å². The number of hydrogen-bond donors (Lipinski definition) is 0. The Morgan fingerprint density at radius 3 is 1.79 bits per heavy atom. The first-order chi connectivity index (χ1) is 9.09. The van der Waals surface area contributed by atoms with E-state index in [4.69, 9.17) is 14.2 Å². The van der Waals surface area contributed by atoms with Gasteiger partial charge in [-0.2, -0.15) is 0 Å². The number of ketones is 1. The normalized spacial score (nSPS) is 8.63. The molecule has 0 N–H and O–H groups in total. The van der Waals surface area contributed by atoms with Crippen molar-refractivity contribution in [2.75, 3.05) is 21.3 Å². The van der Waals surface area contributed by atoms with Crippen molar-refractivity contribution in [3.63, 3.8) is 0 Å². The van der Waals surface area contributed by atoms with E-state index < -0.39 is 5.78 Å². The van der Waals surface area contributed by atoms with Crippen LogP contribution in [0, 0.1) is 0 Å². The molecular formula is C14H18O5. The molecule has 0 heterocycles. The third kappa shape index (κ3) is 4.46. The molecule has 0 unspecified atom stereocenters. The predicted octanol–water partition coefficient (Wildman–Crippen LogP) is 2.29. The maximum absolute atomic E-state index is 11.2. The molecule has 0 aliphatic carbocycles. The van der Waals surface area contributed by atoms with E-state index in [1.54, 1.807) is 6.08 Å². The third-order valence-electron chi connectivity index (χ3n) is 2.06. The van der Waals surface area contributed by atoms with E-state index in [0.717, 1.165) is 0 Å². The number of carbonyl (C=O) groups is 2. The Balaban J connectivity index is 0.000000982. The minimum Gasteiger partial charge on any atom is -0.493 e. The van der Waals surface area contributed by atoms with Gasteiger partial charge in [-0.25, -0.2) is 0 Å². The number of methoxy groups -OCH3 is 3. The quantitative estimate of drug-likeness (QED) is 0.354. The van der Waals surface area contributed by atoms with E-state index in [2.05, 4.69) is 6.58 Å². The first-order valence-electron chi connectivity index (χ1n) is 5.46. The molecule has 0 amide bonds. The average Bonchev–Trinajstić information content (AvgIpc) is 2.45. The predicted molar refractivity (Wildman–Crippen MR) is 72.4 cm³/mol. The number of carbonyl (C=O) groups excluding carboxylic acids is 2.